The highest BCUT2D eigenvalue weighted by Gasteiger charge is 2.34. The number of amides is 1. The van der Waals surface area contributed by atoms with Crippen molar-refractivity contribution < 1.29 is 14.3 Å². The van der Waals surface area contributed by atoms with Crippen LogP contribution in [0.4, 0.5) is 4.79 Å². The van der Waals surface area contributed by atoms with Gasteiger partial charge in [-0.05, 0) is 23.1 Å². The van der Waals surface area contributed by atoms with E-state index in [-0.39, 0.29) is 18.8 Å². The van der Waals surface area contributed by atoms with Gasteiger partial charge in [0.1, 0.15) is 12.7 Å². The first kappa shape index (κ1) is 16.3. The zero-order valence-corrected chi connectivity index (χ0v) is 13.5. The summed E-state index contributed by atoms with van der Waals surface area (Å²) in [4.78, 5) is 12.0. The van der Waals surface area contributed by atoms with Crippen LogP contribution in [0.1, 0.15) is 16.7 Å². The van der Waals surface area contributed by atoms with E-state index in [1.165, 1.54) is 0 Å². The molecule has 2 aromatic carbocycles. The summed E-state index contributed by atoms with van der Waals surface area (Å²) in [6.07, 6.45) is 2.17. The van der Waals surface area contributed by atoms with Gasteiger partial charge in [0.2, 0.25) is 0 Å². The second-order valence-corrected chi connectivity index (χ2v) is 5.83. The van der Waals surface area contributed by atoms with Crippen molar-refractivity contribution in [2.24, 2.45) is 0 Å². The summed E-state index contributed by atoms with van der Waals surface area (Å²) < 4.78 is 10.7. The Balaban J connectivity index is 1.53. The predicted octanol–water partition coefficient (Wildman–Crippen LogP) is 3.57. The molecule has 1 heterocycles. The Kier molecular flexibility index (Phi) is 5.29. The third-order valence-electron chi connectivity index (χ3n) is 3.99. The van der Waals surface area contributed by atoms with Crippen LogP contribution >= 0.6 is 0 Å². The van der Waals surface area contributed by atoms with Gasteiger partial charge in [-0.3, -0.25) is 0 Å². The minimum atomic E-state index is -0.415. The topological polar surface area (TPSA) is 50.9 Å². The zero-order chi connectivity index (χ0) is 16.8. The molecule has 0 spiro atoms. The van der Waals surface area contributed by atoms with Gasteiger partial charge in [-0.15, -0.1) is 0 Å². The quantitative estimate of drug-likeness (QED) is 0.793. The van der Waals surface area contributed by atoms with Crippen molar-refractivity contribution in [2.75, 3.05) is 6.61 Å². The lowest BCUT2D eigenvalue weighted by Gasteiger charge is -2.17. The molecule has 4 nitrogen and oxygen atoms in total. The van der Waals surface area contributed by atoms with Gasteiger partial charge in [-0.25, -0.2) is 4.79 Å². The molecule has 0 saturated carbocycles. The molecule has 4 heteroatoms. The number of hydrogen-bond acceptors (Lipinski definition) is 3. The SMILES string of the molecule is C=Cc1ccc(C[C@H](NC(=O)OCc2ccccc2)[C@H]2CO2)cc1. The Labute approximate surface area is 142 Å². The maximum absolute atomic E-state index is 12.0. The van der Waals surface area contributed by atoms with Crippen molar-refractivity contribution in [1.29, 1.82) is 0 Å². The summed E-state index contributed by atoms with van der Waals surface area (Å²) in [5.74, 6) is 0. The first-order chi connectivity index (χ1) is 11.7. The maximum atomic E-state index is 12.0. The van der Waals surface area contributed by atoms with E-state index < -0.39 is 6.09 Å². The Bertz CT molecular complexity index is 678. The molecule has 0 bridgehead atoms. The van der Waals surface area contributed by atoms with Gasteiger partial charge in [0, 0.05) is 0 Å². The van der Waals surface area contributed by atoms with Crippen molar-refractivity contribution in [2.45, 2.75) is 25.2 Å². The number of ether oxygens (including phenoxy) is 2. The Hall–Kier alpha value is -2.59. The largest absolute Gasteiger partial charge is 0.445 e. The number of carbonyl (C=O) groups excluding carboxylic acids is 1. The van der Waals surface area contributed by atoms with Gasteiger partial charge >= 0.3 is 6.09 Å². The van der Waals surface area contributed by atoms with E-state index in [9.17, 15) is 4.79 Å². The normalized spacial score (nSPS) is 16.9. The van der Waals surface area contributed by atoms with Gasteiger partial charge in [0.25, 0.3) is 0 Å². The van der Waals surface area contributed by atoms with Crippen molar-refractivity contribution in [3.8, 4) is 0 Å². The summed E-state index contributed by atoms with van der Waals surface area (Å²) >= 11 is 0. The average molecular weight is 323 g/mol. The van der Waals surface area contributed by atoms with Gasteiger partial charge < -0.3 is 14.8 Å². The second kappa shape index (κ2) is 7.79. The van der Waals surface area contributed by atoms with Gasteiger partial charge in [0.05, 0.1) is 12.6 Å². The van der Waals surface area contributed by atoms with Gasteiger partial charge in [-0.2, -0.15) is 0 Å². The van der Waals surface area contributed by atoms with Crippen LogP contribution in [0.15, 0.2) is 61.2 Å². The molecule has 124 valence electrons. The number of epoxide rings is 1. The summed E-state index contributed by atoms with van der Waals surface area (Å²) in [6.45, 7) is 4.69. The number of nitrogens with one attached hydrogen (secondary N) is 1. The molecule has 24 heavy (non-hydrogen) atoms. The third-order valence-corrected chi connectivity index (χ3v) is 3.99. The van der Waals surface area contributed by atoms with Crippen molar-refractivity contribution in [3.05, 3.63) is 77.9 Å². The molecule has 1 N–H and O–H groups in total. The number of alkyl carbamates (subject to hydrolysis) is 1. The molecule has 0 radical (unpaired) electrons. The molecule has 0 unspecified atom stereocenters. The summed E-state index contributed by atoms with van der Waals surface area (Å²) in [5, 5.41) is 2.92. The highest BCUT2D eigenvalue weighted by atomic mass is 16.6. The molecule has 0 aromatic heterocycles. The molecule has 3 rings (SSSR count). The van der Waals surface area contributed by atoms with Crippen molar-refractivity contribution in [3.63, 3.8) is 0 Å². The summed E-state index contributed by atoms with van der Waals surface area (Å²) in [5.41, 5.74) is 3.18. The molecular weight excluding hydrogens is 302 g/mol. The molecular formula is C20H21NO3. The van der Waals surface area contributed by atoms with Gasteiger partial charge in [-0.1, -0.05) is 67.3 Å². The van der Waals surface area contributed by atoms with Crippen molar-refractivity contribution >= 4 is 12.2 Å². The maximum Gasteiger partial charge on any atom is 0.407 e. The molecule has 2 atom stereocenters. The van der Waals surface area contributed by atoms with E-state index in [1.54, 1.807) is 0 Å². The molecule has 0 aliphatic carbocycles. The van der Waals surface area contributed by atoms with E-state index in [0.29, 0.717) is 13.0 Å². The smallest absolute Gasteiger partial charge is 0.407 e. The number of hydrogen-bond donors (Lipinski definition) is 1. The summed E-state index contributed by atoms with van der Waals surface area (Å²) in [6, 6.07) is 17.7. The van der Waals surface area contributed by atoms with E-state index in [4.69, 9.17) is 9.47 Å². The lowest BCUT2D eigenvalue weighted by atomic mass is 10.0. The predicted molar refractivity (Wildman–Crippen MR) is 93.5 cm³/mol. The first-order valence-corrected chi connectivity index (χ1v) is 8.05. The van der Waals surface area contributed by atoms with Crippen LogP contribution in [0.25, 0.3) is 6.08 Å². The molecule has 1 aliphatic rings. The van der Waals surface area contributed by atoms with Crippen LogP contribution in [0, 0.1) is 0 Å². The van der Waals surface area contributed by atoms with Crippen LogP contribution in [0.5, 0.6) is 0 Å². The van der Waals surface area contributed by atoms with Crippen LogP contribution in [0.3, 0.4) is 0 Å². The average Bonchev–Trinajstić information content (AvgIpc) is 3.46. The van der Waals surface area contributed by atoms with Crippen LogP contribution in [-0.2, 0) is 22.5 Å². The minimum absolute atomic E-state index is 0.0633. The van der Waals surface area contributed by atoms with Crippen LogP contribution in [0.2, 0.25) is 0 Å². The van der Waals surface area contributed by atoms with Crippen molar-refractivity contribution in [1.82, 2.24) is 5.32 Å². The Morgan fingerprint density at radius 3 is 2.54 bits per heavy atom. The third kappa shape index (κ3) is 4.70. The molecule has 1 saturated heterocycles. The highest BCUT2D eigenvalue weighted by Crippen LogP contribution is 2.19. The van der Waals surface area contributed by atoms with E-state index >= 15 is 0 Å². The number of rotatable bonds is 7. The fraction of sp³-hybridized carbons (Fsp3) is 0.250. The number of benzene rings is 2. The van der Waals surface area contributed by atoms with Gasteiger partial charge in [0.15, 0.2) is 0 Å². The van der Waals surface area contributed by atoms with E-state index in [0.717, 1.165) is 16.7 Å². The fourth-order valence-corrected chi connectivity index (χ4v) is 2.52. The Morgan fingerprint density at radius 2 is 1.92 bits per heavy atom. The molecule has 1 amide bonds. The second-order valence-electron chi connectivity index (χ2n) is 5.83. The highest BCUT2D eigenvalue weighted by molar-refractivity contribution is 5.67. The minimum Gasteiger partial charge on any atom is -0.445 e. The number of carbonyl (C=O) groups is 1. The molecule has 2 aromatic rings. The zero-order valence-electron chi connectivity index (χ0n) is 13.5. The lowest BCUT2D eigenvalue weighted by molar-refractivity contribution is 0.133. The van der Waals surface area contributed by atoms with Crippen LogP contribution < -0.4 is 5.32 Å². The van der Waals surface area contributed by atoms with E-state index in [1.807, 2.05) is 60.7 Å². The molecule has 1 fully saturated rings. The van der Waals surface area contributed by atoms with Crippen LogP contribution in [-0.4, -0.2) is 24.8 Å². The standard InChI is InChI=1S/C20H21NO3/c1-2-15-8-10-16(11-9-15)12-18(19-14-23-19)21-20(22)24-13-17-6-4-3-5-7-17/h2-11,18-19H,1,12-14H2,(H,21,22)/t18-,19+/m0/s1. The lowest BCUT2D eigenvalue weighted by Crippen LogP contribution is -2.40. The first-order valence-electron chi connectivity index (χ1n) is 8.05. The Morgan fingerprint density at radius 1 is 1.21 bits per heavy atom. The van der Waals surface area contributed by atoms with E-state index in [2.05, 4.69) is 11.9 Å². The fourth-order valence-electron chi connectivity index (χ4n) is 2.52. The molecule has 1 aliphatic heterocycles. The summed E-state index contributed by atoms with van der Waals surface area (Å²) in [7, 11) is 0. The monoisotopic (exact) mass is 323 g/mol.